The third kappa shape index (κ3) is 2.13. The third-order valence-electron chi connectivity index (χ3n) is 3.88. The standard InChI is InChI=1S/C14H19N3O/c15-14(4-5-14)12-3-1-2-11(10-12)13(18)17-8-6-16-7-9-17/h1-3,10,16H,4-9,15H2. The molecule has 1 aromatic carbocycles. The predicted octanol–water partition coefficient (Wildman–Crippen LogP) is 0.680. The number of nitrogens with zero attached hydrogens (tertiary/aromatic N) is 1. The predicted molar refractivity (Wildman–Crippen MR) is 70.3 cm³/mol. The molecule has 3 rings (SSSR count). The molecule has 2 aliphatic rings. The molecule has 4 nitrogen and oxygen atoms in total. The molecule has 3 N–H and O–H groups in total. The van der Waals surface area contributed by atoms with Crippen molar-refractivity contribution in [3.05, 3.63) is 35.4 Å². The largest absolute Gasteiger partial charge is 0.336 e. The number of carbonyl (C=O) groups excluding carboxylic acids is 1. The Hall–Kier alpha value is -1.39. The second-order valence-electron chi connectivity index (χ2n) is 5.28. The number of benzene rings is 1. The highest BCUT2D eigenvalue weighted by Crippen LogP contribution is 2.42. The number of piperazine rings is 1. The van der Waals surface area contributed by atoms with Crippen LogP contribution in [-0.4, -0.2) is 37.0 Å². The van der Waals surface area contributed by atoms with E-state index in [1.165, 1.54) is 0 Å². The highest BCUT2D eigenvalue weighted by Gasteiger charge is 2.40. The summed E-state index contributed by atoms with van der Waals surface area (Å²) in [6.45, 7) is 3.34. The molecule has 0 aromatic heterocycles. The zero-order valence-corrected chi connectivity index (χ0v) is 10.5. The quantitative estimate of drug-likeness (QED) is 0.805. The van der Waals surface area contributed by atoms with Gasteiger partial charge >= 0.3 is 0 Å². The first-order chi connectivity index (χ1) is 8.69. The van der Waals surface area contributed by atoms with E-state index in [2.05, 4.69) is 5.32 Å². The minimum Gasteiger partial charge on any atom is -0.336 e. The van der Waals surface area contributed by atoms with Crippen molar-refractivity contribution >= 4 is 5.91 Å². The van der Waals surface area contributed by atoms with Crippen molar-refractivity contribution in [2.24, 2.45) is 5.73 Å². The van der Waals surface area contributed by atoms with E-state index in [9.17, 15) is 4.79 Å². The maximum atomic E-state index is 12.4. The molecule has 1 aliphatic heterocycles. The molecule has 1 saturated carbocycles. The average molecular weight is 245 g/mol. The maximum absolute atomic E-state index is 12.4. The zero-order chi connectivity index (χ0) is 12.6. The lowest BCUT2D eigenvalue weighted by atomic mass is 10.0. The summed E-state index contributed by atoms with van der Waals surface area (Å²) in [6.07, 6.45) is 2.05. The molecule has 1 aromatic rings. The van der Waals surface area contributed by atoms with Gasteiger partial charge in [0.1, 0.15) is 0 Å². The van der Waals surface area contributed by atoms with Gasteiger partial charge in [0.15, 0.2) is 0 Å². The van der Waals surface area contributed by atoms with Gasteiger partial charge in [0.25, 0.3) is 5.91 Å². The van der Waals surface area contributed by atoms with E-state index in [1.54, 1.807) is 0 Å². The fourth-order valence-corrected chi connectivity index (χ4v) is 2.44. The Bertz CT molecular complexity index is 462. The summed E-state index contributed by atoms with van der Waals surface area (Å²) < 4.78 is 0. The Balaban J connectivity index is 1.80. The molecule has 0 bridgehead atoms. The summed E-state index contributed by atoms with van der Waals surface area (Å²) in [5.41, 5.74) is 7.88. The van der Waals surface area contributed by atoms with Crippen LogP contribution in [0.1, 0.15) is 28.8 Å². The number of nitrogens with two attached hydrogens (primary N) is 1. The van der Waals surface area contributed by atoms with Crippen LogP contribution in [0.25, 0.3) is 0 Å². The first kappa shape index (κ1) is 11.7. The normalized spacial score (nSPS) is 21.7. The number of hydrogen-bond donors (Lipinski definition) is 2. The molecule has 0 radical (unpaired) electrons. The summed E-state index contributed by atoms with van der Waals surface area (Å²) in [6, 6.07) is 7.83. The summed E-state index contributed by atoms with van der Waals surface area (Å²) in [4.78, 5) is 14.3. The molecule has 0 spiro atoms. The van der Waals surface area contributed by atoms with E-state index in [0.717, 1.165) is 50.1 Å². The number of hydrogen-bond acceptors (Lipinski definition) is 3. The van der Waals surface area contributed by atoms with E-state index in [0.29, 0.717) is 0 Å². The van der Waals surface area contributed by atoms with Gasteiger partial charge in [-0.1, -0.05) is 12.1 Å². The van der Waals surface area contributed by atoms with E-state index in [4.69, 9.17) is 5.73 Å². The lowest BCUT2D eigenvalue weighted by molar-refractivity contribution is 0.0735. The minimum atomic E-state index is -0.167. The second-order valence-corrected chi connectivity index (χ2v) is 5.28. The number of carbonyl (C=O) groups is 1. The van der Waals surface area contributed by atoms with Crippen LogP contribution in [0.4, 0.5) is 0 Å². The molecule has 0 atom stereocenters. The van der Waals surface area contributed by atoms with E-state index in [1.807, 2.05) is 29.2 Å². The van der Waals surface area contributed by atoms with Gasteiger partial charge in [-0.3, -0.25) is 4.79 Å². The van der Waals surface area contributed by atoms with Crippen molar-refractivity contribution in [1.82, 2.24) is 10.2 Å². The Morgan fingerprint density at radius 1 is 1.28 bits per heavy atom. The Morgan fingerprint density at radius 2 is 2.00 bits per heavy atom. The highest BCUT2D eigenvalue weighted by molar-refractivity contribution is 5.94. The molecular weight excluding hydrogens is 226 g/mol. The molecular formula is C14H19N3O. The first-order valence-electron chi connectivity index (χ1n) is 6.58. The SMILES string of the molecule is NC1(c2cccc(C(=O)N3CCNCC3)c2)CC1. The van der Waals surface area contributed by atoms with Crippen LogP contribution >= 0.6 is 0 Å². The number of nitrogens with one attached hydrogen (secondary N) is 1. The van der Waals surface area contributed by atoms with Crippen LogP contribution in [0.5, 0.6) is 0 Å². The first-order valence-corrected chi connectivity index (χ1v) is 6.58. The highest BCUT2D eigenvalue weighted by atomic mass is 16.2. The van der Waals surface area contributed by atoms with E-state index >= 15 is 0 Å². The summed E-state index contributed by atoms with van der Waals surface area (Å²) >= 11 is 0. The summed E-state index contributed by atoms with van der Waals surface area (Å²) in [5, 5.41) is 3.25. The number of rotatable bonds is 2. The lowest BCUT2D eigenvalue weighted by Crippen LogP contribution is -2.46. The summed E-state index contributed by atoms with van der Waals surface area (Å²) in [5.74, 6) is 0.127. The molecule has 1 saturated heterocycles. The summed E-state index contributed by atoms with van der Waals surface area (Å²) in [7, 11) is 0. The molecule has 0 unspecified atom stereocenters. The minimum absolute atomic E-state index is 0.127. The van der Waals surface area contributed by atoms with Crippen molar-refractivity contribution in [2.75, 3.05) is 26.2 Å². The molecule has 18 heavy (non-hydrogen) atoms. The maximum Gasteiger partial charge on any atom is 0.253 e. The van der Waals surface area contributed by atoms with Crippen molar-refractivity contribution in [1.29, 1.82) is 0 Å². The molecule has 1 amide bonds. The van der Waals surface area contributed by atoms with E-state index < -0.39 is 0 Å². The zero-order valence-electron chi connectivity index (χ0n) is 10.5. The van der Waals surface area contributed by atoms with Crippen molar-refractivity contribution < 1.29 is 4.79 Å². The van der Waals surface area contributed by atoms with Crippen molar-refractivity contribution in [2.45, 2.75) is 18.4 Å². The smallest absolute Gasteiger partial charge is 0.253 e. The van der Waals surface area contributed by atoms with Gasteiger partial charge in [0.05, 0.1) is 0 Å². The van der Waals surface area contributed by atoms with Crippen LogP contribution in [0, 0.1) is 0 Å². The van der Waals surface area contributed by atoms with Crippen LogP contribution < -0.4 is 11.1 Å². The Labute approximate surface area is 107 Å². The van der Waals surface area contributed by atoms with Gasteiger partial charge in [-0.2, -0.15) is 0 Å². The Kier molecular flexibility index (Phi) is 2.84. The van der Waals surface area contributed by atoms with Crippen molar-refractivity contribution in [3.63, 3.8) is 0 Å². The van der Waals surface area contributed by atoms with Crippen LogP contribution in [0.3, 0.4) is 0 Å². The fraction of sp³-hybridized carbons (Fsp3) is 0.500. The molecule has 1 aliphatic carbocycles. The Morgan fingerprint density at radius 3 is 2.67 bits per heavy atom. The topological polar surface area (TPSA) is 58.4 Å². The lowest BCUT2D eigenvalue weighted by Gasteiger charge is -2.27. The second kappa shape index (κ2) is 4.37. The third-order valence-corrected chi connectivity index (χ3v) is 3.88. The van der Waals surface area contributed by atoms with Gasteiger partial charge in [-0.15, -0.1) is 0 Å². The van der Waals surface area contributed by atoms with Gasteiger partial charge in [-0.05, 0) is 30.5 Å². The van der Waals surface area contributed by atoms with Gasteiger partial charge in [0, 0.05) is 37.3 Å². The van der Waals surface area contributed by atoms with Crippen LogP contribution in [0.15, 0.2) is 24.3 Å². The van der Waals surface area contributed by atoms with Gasteiger partial charge in [0.2, 0.25) is 0 Å². The van der Waals surface area contributed by atoms with E-state index in [-0.39, 0.29) is 11.4 Å². The van der Waals surface area contributed by atoms with Crippen molar-refractivity contribution in [3.8, 4) is 0 Å². The number of amides is 1. The molecule has 1 heterocycles. The van der Waals surface area contributed by atoms with Crippen LogP contribution in [0.2, 0.25) is 0 Å². The fourth-order valence-electron chi connectivity index (χ4n) is 2.44. The monoisotopic (exact) mass is 245 g/mol. The molecule has 96 valence electrons. The van der Waals surface area contributed by atoms with Gasteiger partial charge in [-0.25, -0.2) is 0 Å². The molecule has 2 fully saturated rings. The van der Waals surface area contributed by atoms with Crippen LogP contribution in [-0.2, 0) is 5.54 Å². The molecule has 4 heteroatoms. The van der Waals surface area contributed by atoms with Gasteiger partial charge < -0.3 is 16.0 Å². The average Bonchev–Trinajstić information content (AvgIpc) is 3.18.